The van der Waals surface area contributed by atoms with Crippen LogP contribution in [0.3, 0.4) is 0 Å². The number of carbonyl (C=O) groups excluding carboxylic acids is 2. The second kappa shape index (κ2) is 9.46. The monoisotopic (exact) mass is 441 g/mol. The third kappa shape index (κ3) is 5.12. The Bertz CT molecular complexity index is 974. The number of anilines is 1. The van der Waals surface area contributed by atoms with Gasteiger partial charge in [0.2, 0.25) is 5.91 Å². The molecule has 1 saturated carbocycles. The van der Waals surface area contributed by atoms with E-state index >= 15 is 0 Å². The van der Waals surface area contributed by atoms with Crippen LogP contribution in [0.15, 0.2) is 42.5 Å². The molecule has 0 radical (unpaired) electrons. The predicted molar refractivity (Wildman–Crippen MR) is 118 cm³/mol. The van der Waals surface area contributed by atoms with Crippen molar-refractivity contribution in [2.75, 3.05) is 5.32 Å². The van der Waals surface area contributed by atoms with Gasteiger partial charge in [0.1, 0.15) is 11.9 Å². The summed E-state index contributed by atoms with van der Waals surface area (Å²) in [7, 11) is 0. The van der Waals surface area contributed by atoms with E-state index in [-0.39, 0.29) is 18.3 Å². The lowest BCUT2D eigenvalue weighted by Gasteiger charge is -2.21. The van der Waals surface area contributed by atoms with E-state index in [4.69, 9.17) is 9.47 Å². The number of ether oxygens (including phenoxy) is 2. The van der Waals surface area contributed by atoms with Gasteiger partial charge >= 0.3 is 6.03 Å². The lowest BCUT2D eigenvalue weighted by atomic mass is 10.1. The fraction of sp³-hybridized carbons (Fsp3) is 0.417. The Morgan fingerprint density at radius 3 is 2.50 bits per heavy atom. The first kappa shape index (κ1) is 21.9. The van der Waals surface area contributed by atoms with Crippen LogP contribution in [0.25, 0.3) is 0 Å². The third-order valence-electron chi connectivity index (χ3n) is 5.73. The van der Waals surface area contributed by atoms with Gasteiger partial charge in [-0.3, -0.25) is 4.79 Å². The highest BCUT2D eigenvalue weighted by molar-refractivity contribution is 5.97. The van der Waals surface area contributed by atoms with Crippen LogP contribution in [0.5, 0.6) is 11.5 Å². The molecule has 8 heteroatoms. The lowest BCUT2D eigenvalue weighted by Crippen LogP contribution is -2.47. The number of benzene rings is 2. The van der Waals surface area contributed by atoms with Crippen LogP contribution in [-0.2, 0) is 11.3 Å². The highest BCUT2D eigenvalue weighted by atomic mass is 19.1. The fourth-order valence-corrected chi connectivity index (χ4v) is 4.07. The molecule has 1 fully saturated rings. The van der Waals surface area contributed by atoms with Gasteiger partial charge < -0.3 is 25.4 Å². The van der Waals surface area contributed by atoms with Gasteiger partial charge in [0.05, 0.1) is 0 Å². The predicted octanol–water partition coefficient (Wildman–Crippen LogP) is 4.47. The largest absolute Gasteiger partial charge is 0.448 e. The van der Waals surface area contributed by atoms with Crippen LogP contribution in [0.4, 0.5) is 14.9 Å². The smallest absolute Gasteiger partial charge is 0.315 e. The highest BCUT2D eigenvalue weighted by Crippen LogP contribution is 2.47. The first-order valence-corrected chi connectivity index (χ1v) is 11.1. The number of hydrogen-bond donors (Lipinski definition) is 3. The summed E-state index contributed by atoms with van der Waals surface area (Å²) < 4.78 is 25.1. The molecular formula is C24H28FN3O4. The fourth-order valence-electron chi connectivity index (χ4n) is 4.07. The van der Waals surface area contributed by atoms with Gasteiger partial charge in [-0.05, 0) is 49.1 Å². The number of fused-ring (bicyclic) bond motifs is 1. The summed E-state index contributed by atoms with van der Waals surface area (Å²) in [6.07, 6.45) is 5.08. The Balaban J connectivity index is 1.33. The molecular weight excluding hydrogens is 413 g/mol. The molecule has 1 atom stereocenters. The molecule has 2 aliphatic rings. The van der Waals surface area contributed by atoms with E-state index in [0.717, 1.165) is 37.7 Å². The van der Waals surface area contributed by atoms with Crippen molar-refractivity contribution in [2.24, 2.45) is 0 Å². The molecule has 1 aliphatic carbocycles. The molecule has 0 saturated heterocycles. The molecule has 32 heavy (non-hydrogen) atoms. The zero-order chi connectivity index (χ0) is 22.6. The normalized spacial score (nSPS) is 16.6. The molecule has 1 aliphatic heterocycles. The van der Waals surface area contributed by atoms with Gasteiger partial charge in [0, 0.05) is 31.1 Å². The Hall–Kier alpha value is -3.29. The SMILES string of the molecule is CCCC(NC(=O)NCc1ccc(F)cc1)C(=O)Nc1ccc2c(c1)OC1(CCCC1)O2. The molecule has 1 heterocycles. The number of hydrogen-bond acceptors (Lipinski definition) is 4. The number of halogens is 1. The maximum Gasteiger partial charge on any atom is 0.315 e. The minimum absolute atomic E-state index is 0.233. The molecule has 1 spiro atoms. The van der Waals surface area contributed by atoms with Crippen molar-refractivity contribution >= 4 is 17.6 Å². The van der Waals surface area contributed by atoms with Crippen LogP contribution in [0, 0.1) is 5.82 Å². The molecule has 1 unspecified atom stereocenters. The van der Waals surface area contributed by atoms with Crippen molar-refractivity contribution < 1.29 is 23.5 Å². The lowest BCUT2D eigenvalue weighted by molar-refractivity contribution is -0.118. The van der Waals surface area contributed by atoms with E-state index in [1.807, 2.05) is 6.92 Å². The molecule has 170 valence electrons. The van der Waals surface area contributed by atoms with Crippen molar-refractivity contribution in [3.63, 3.8) is 0 Å². The van der Waals surface area contributed by atoms with Crippen LogP contribution in [0.1, 0.15) is 51.0 Å². The van der Waals surface area contributed by atoms with Crippen LogP contribution < -0.4 is 25.4 Å². The van der Waals surface area contributed by atoms with Gasteiger partial charge in [-0.25, -0.2) is 9.18 Å². The second-order valence-corrected chi connectivity index (χ2v) is 8.27. The van der Waals surface area contributed by atoms with Gasteiger partial charge in [-0.15, -0.1) is 0 Å². The summed E-state index contributed by atoms with van der Waals surface area (Å²) in [4.78, 5) is 25.1. The van der Waals surface area contributed by atoms with Crippen molar-refractivity contribution in [3.05, 3.63) is 53.8 Å². The van der Waals surface area contributed by atoms with Crippen molar-refractivity contribution in [1.29, 1.82) is 0 Å². The quantitative estimate of drug-likeness (QED) is 0.591. The first-order chi connectivity index (χ1) is 15.5. The Labute approximate surface area is 186 Å². The van der Waals surface area contributed by atoms with E-state index in [2.05, 4.69) is 16.0 Å². The number of amides is 3. The molecule has 3 N–H and O–H groups in total. The second-order valence-electron chi connectivity index (χ2n) is 8.27. The Kier molecular flexibility index (Phi) is 6.48. The maximum absolute atomic E-state index is 13.0. The summed E-state index contributed by atoms with van der Waals surface area (Å²) in [5.41, 5.74) is 1.35. The number of rotatable bonds is 7. The van der Waals surface area contributed by atoms with Crippen molar-refractivity contribution in [1.82, 2.24) is 10.6 Å². The van der Waals surface area contributed by atoms with E-state index in [1.54, 1.807) is 30.3 Å². The summed E-state index contributed by atoms with van der Waals surface area (Å²) in [5, 5.41) is 8.28. The van der Waals surface area contributed by atoms with E-state index in [1.165, 1.54) is 12.1 Å². The van der Waals surface area contributed by atoms with Crippen LogP contribution in [-0.4, -0.2) is 23.8 Å². The minimum atomic E-state index is -0.695. The average Bonchev–Trinajstić information content (AvgIpc) is 3.38. The first-order valence-electron chi connectivity index (χ1n) is 11.1. The minimum Gasteiger partial charge on any atom is -0.448 e. The van der Waals surface area contributed by atoms with Crippen molar-refractivity contribution in [2.45, 2.75) is 63.8 Å². The summed E-state index contributed by atoms with van der Waals surface area (Å²) in [6.45, 7) is 2.18. The summed E-state index contributed by atoms with van der Waals surface area (Å²) >= 11 is 0. The van der Waals surface area contributed by atoms with E-state index < -0.39 is 17.9 Å². The average molecular weight is 442 g/mol. The Morgan fingerprint density at radius 1 is 1.06 bits per heavy atom. The molecule has 7 nitrogen and oxygen atoms in total. The van der Waals surface area contributed by atoms with Crippen LogP contribution >= 0.6 is 0 Å². The van der Waals surface area contributed by atoms with Gasteiger partial charge in [-0.2, -0.15) is 0 Å². The van der Waals surface area contributed by atoms with Gasteiger partial charge in [-0.1, -0.05) is 25.5 Å². The zero-order valence-electron chi connectivity index (χ0n) is 18.1. The van der Waals surface area contributed by atoms with Crippen LogP contribution in [0.2, 0.25) is 0 Å². The van der Waals surface area contributed by atoms with E-state index in [9.17, 15) is 14.0 Å². The van der Waals surface area contributed by atoms with Crippen molar-refractivity contribution in [3.8, 4) is 11.5 Å². The third-order valence-corrected chi connectivity index (χ3v) is 5.73. The molecule has 0 aromatic heterocycles. The highest BCUT2D eigenvalue weighted by Gasteiger charge is 2.44. The molecule has 4 rings (SSSR count). The summed E-state index contributed by atoms with van der Waals surface area (Å²) in [5.74, 6) is 0.118. The zero-order valence-corrected chi connectivity index (χ0v) is 18.1. The Morgan fingerprint density at radius 2 is 1.78 bits per heavy atom. The van der Waals surface area contributed by atoms with Gasteiger partial charge in [0.25, 0.3) is 5.79 Å². The van der Waals surface area contributed by atoms with E-state index in [0.29, 0.717) is 23.6 Å². The number of urea groups is 1. The molecule has 2 aromatic carbocycles. The topological polar surface area (TPSA) is 88.7 Å². The maximum atomic E-state index is 13.0. The molecule has 3 amide bonds. The number of carbonyl (C=O) groups is 2. The summed E-state index contributed by atoms with van der Waals surface area (Å²) in [6, 6.07) is 10.0. The van der Waals surface area contributed by atoms with Gasteiger partial charge in [0.15, 0.2) is 11.5 Å². The number of nitrogens with one attached hydrogen (secondary N) is 3. The molecule has 0 bridgehead atoms. The molecule has 2 aromatic rings. The standard InChI is InChI=1S/C24H28FN3O4/c1-2-5-19(28-23(30)26-15-16-6-8-17(25)9-7-16)22(29)27-18-10-11-20-21(14-18)32-24(31-20)12-3-4-13-24/h6-11,14,19H,2-5,12-13,15H2,1H3,(H,27,29)(H2,26,28,30).